The zero-order valence-electron chi connectivity index (χ0n) is 18.0. The molecule has 1 aromatic carbocycles. The van der Waals surface area contributed by atoms with Crippen LogP contribution in [0.1, 0.15) is 56.9 Å². The summed E-state index contributed by atoms with van der Waals surface area (Å²) in [6.07, 6.45) is 8.24. The van der Waals surface area contributed by atoms with Crippen molar-refractivity contribution in [1.82, 2.24) is 10.2 Å². The number of carbonyl (C=O) groups excluding carboxylic acids is 1. The van der Waals surface area contributed by atoms with E-state index in [4.69, 9.17) is 0 Å². The van der Waals surface area contributed by atoms with Crippen LogP contribution in [0.15, 0.2) is 30.3 Å². The zero-order valence-corrected chi connectivity index (χ0v) is 18.0. The van der Waals surface area contributed by atoms with Crippen molar-refractivity contribution in [3.05, 3.63) is 35.9 Å². The van der Waals surface area contributed by atoms with Gasteiger partial charge in [0.1, 0.15) is 0 Å². The first-order chi connectivity index (χ1) is 14.5. The van der Waals surface area contributed by atoms with Crippen molar-refractivity contribution in [3.8, 4) is 0 Å². The summed E-state index contributed by atoms with van der Waals surface area (Å²) in [6, 6.07) is 10.7. The minimum Gasteiger partial charge on any atom is -0.355 e. The number of amides is 1. The van der Waals surface area contributed by atoms with E-state index in [1.807, 2.05) is 0 Å². The maximum absolute atomic E-state index is 14.5. The molecule has 3 aliphatic heterocycles. The van der Waals surface area contributed by atoms with Gasteiger partial charge in [0.05, 0.1) is 12.1 Å². The van der Waals surface area contributed by atoms with Gasteiger partial charge in [0, 0.05) is 18.5 Å². The Hall–Kier alpha value is -1.42. The highest BCUT2D eigenvalue weighted by molar-refractivity contribution is 5.83. The Morgan fingerprint density at radius 3 is 2.57 bits per heavy atom. The standard InChI is InChI=1S/C26H35FN2O/c27-18-24-10-19-11-25(15-24,22-4-2-1-3-5-22)17-26(12-19,16-24)23(30)28-13-21-14-29-8-6-20(21)7-9-29/h1-5,19-21H,6-18H2,(H,28,30)/t19?,21?,24-,25+,26?/m1/s1. The summed E-state index contributed by atoms with van der Waals surface area (Å²) in [6.45, 7) is 4.15. The predicted octanol–water partition coefficient (Wildman–Crippen LogP) is 4.32. The summed E-state index contributed by atoms with van der Waals surface area (Å²) in [7, 11) is 0. The molecule has 6 bridgehead atoms. The Bertz CT molecular complexity index is 822. The molecule has 1 N–H and O–H groups in total. The second-order valence-electron chi connectivity index (χ2n) is 11.7. The summed E-state index contributed by atoms with van der Waals surface area (Å²) in [5.74, 6) is 2.10. The molecule has 1 aromatic rings. The van der Waals surface area contributed by atoms with Crippen LogP contribution >= 0.6 is 0 Å². The summed E-state index contributed by atoms with van der Waals surface area (Å²) in [4.78, 5) is 16.3. The smallest absolute Gasteiger partial charge is 0.226 e. The van der Waals surface area contributed by atoms with Crippen LogP contribution in [0, 0.1) is 28.6 Å². The van der Waals surface area contributed by atoms with E-state index in [2.05, 4.69) is 40.5 Å². The fourth-order valence-electron chi connectivity index (χ4n) is 8.88. The lowest BCUT2D eigenvalue weighted by Gasteiger charge is -2.65. The van der Waals surface area contributed by atoms with Crippen molar-refractivity contribution in [2.45, 2.75) is 56.8 Å². The van der Waals surface area contributed by atoms with Gasteiger partial charge in [0.2, 0.25) is 5.91 Å². The molecule has 0 spiro atoms. The molecule has 3 unspecified atom stereocenters. The Balaban J connectivity index is 1.26. The Kier molecular flexibility index (Phi) is 4.36. The normalized spacial score (nSPS) is 46.2. The summed E-state index contributed by atoms with van der Waals surface area (Å²) in [5, 5.41) is 3.42. The van der Waals surface area contributed by atoms with Crippen LogP contribution < -0.4 is 5.32 Å². The van der Waals surface area contributed by atoms with E-state index < -0.39 is 0 Å². The fraction of sp³-hybridized carbons (Fsp3) is 0.731. The van der Waals surface area contributed by atoms with Crippen LogP contribution in [0.25, 0.3) is 0 Å². The van der Waals surface area contributed by atoms with E-state index in [1.165, 1.54) is 31.5 Å². The van der Waals surface area contributed by atoms with Crippen LogP contribution in [-0.4, -0.2) is 43.7 Å². The number of alkyl halides is 1. The molecule has 3 saturated heterocycles. The van der Waals surface area contributed by atoms with Crippen LogP contribution in [0.2, 0.25) is 0 Å². The molecular weight excluding hydrogens is 375 g/mol. The molecule has 4 saturated carbocycles. The molecule has 1 amide bonds. The van der Waals surface area contributed by atoms with E-state index >= 15 is 0 Å². The minimum atomic E-state index is -0.366. The third kappa shape index (κ3) is 2.89. The number of rotatable bonds is 5. The molecule has 0 aromatic heterocycles. The van der Waals surface area contributed by atoms with Gasteiger partial charge < -0.3 is 10.2 Å². The lowest BCUT2D eigenvalue weighted by molar-refractivity contribution is -0.165. The van der Waals surface area contributed by atoms with Crippen molar-refractivity contribution in [2.75, 3.05) is 32.9 Å². The first-order valence-electron chi connectivity index (χ1n) is 12.2. The van der Waals surface area contributed by atoms with Gasteiger partial charge in [-0.1, -0.05) is 30.3 Å². The van der Waals surface area contributed by atoms with E-state index in [0.717, 1.165) is 57.5 Å². The minimum absolute atomic E-state index is 0.0142. The number of hydrogen-bond donors (Lipinski definition) is 1. The Labute approximate surface area is 179 Å². The highest BCUT2D eigenvalue weighted by Gasteiger charge is 2.66. The largest absolute Gasteiger partial charge is 0.355 e. The quantitative estimate of drug-likeness (QED) is 0.784. The van der Waals surface area contributed by atoms with Crippen molar-refractivity contribution < 1.29 is 9.18 Å². The molecule has 0 radical (unpaired) electrons. The number of fused-ring (bicyclic) bond motifs is 3. The van der Waals surface area contributed by atoms with E-state index in [1.54, 1.807) is 0 Å². The number of benzene rings is 1. The van der Waals surface area contributed by atoms with Crippen molar-refractivity contribution in [2.24, 2.45) is 28.6 Å². The fourth-order valence-corrected chi connectivity index (χ4v) is 8.88. The molecular formula is C26H35FN2O. The van der Waals surface area contributed by atoms with E-state index in [0.29, 0.717) is 11.8 Å². The topological polar surface area (TPSA) is 32.3 Å². The van der Waals surface area contributed by atoms with E-state index in [-0.39, 0.29) is 28.8 Å². The SMILES string of the molecule is O=C(NCC1CN2CCC1CC2)C12CC3C[C@](CF)(C1)C[C@@](c1ccccc1)(C3)C2. The predicted molar refractivity (Wildman–Crippen MR) is 116 cm³/mol. The van der Waals surface area contributed by atoms with Gasteiger partial charge in [-0.15, -0.1) is 0 Å². The number of halogens is 1. The lowest BCUT2D eigenvalue weighted by Crippen LogP contribution is -2.63. The van der Waals surface area contributed by atoms with Crippen LogP contribution in [0.5, 0.6) is 0 Å². The van der Waals surface area contributed by atoms with Gasteiger partial charge >= 0.3 is 0 Å². The monoisotopic (exact) mass is 410 g/mol. The highest BCUT2D eigenvalue weighted by atomic mass is 19.1. The van der Waals surface area contributed by atoms with Crippen LogP contribution in [-0.2, 0) is 10.2 Å². The molecule has 4 heteroatoms. The van der Waals surface area contributed by atoms with Crippen molar-refractivity contribution in [1.29, 1.82) is 0 Å². The number of nitrogens with zero attached hydrogens (tertiary/aromatic N) is 1. The van der Waals surface area contributed by atoms with Crippen molar-refractivity contribution >= 4 is 5.91 Å². The zero-order chi connectivity index (χ0) is 20.4. The second-order valence-corrected chi connectivity index (χ2v) is 11.7. The van der Waals surface area contributed by atoms with Gasteiger partial charge in [0.25, 0.3) is 0 Å². The van der Waals surface area contributed by atoms with Crippen molar-refractivity contribution in [3.63, 3.8) is 0 Å². The molecule has 30 heavy (non-hydrogen) atoms. The molecule has 3 nitrogen and oxygen atoms in total. The van der Waals surface area contributed by atoms with Crippen LogP contribution in [0.4, 0.5) is 4.39 Å². The second kappa shape index (κ2) is 6.79. The Morgan fingerprint density at radius 1 is 1.07 bits per heavy atom. The molecule has 3 heterocycles. The third-order valence-corrected chi connectivity index (χ3v) is 9.65. The number of carbonyl (C=O) groups is 1. The molecule has 7 fully saturated rings. The molecule has 8 rings (SSSR count). The Morgan fingerprint density at radius 2 is 1.87 bits per heavy atom. The number of hydrogen-bond acceptors (Lipinski definition) is 2. The highest BCUT2D eigenvalue weighted by Crippen LogP contribution is 2.70. The summed E-state index contributed by atoms with van der Waals surface area (Å²) < 4.78 is 14.5. The number of nitrogens with one attached hydrogen (secondary N) is 1. The van der Waals surface area contributed by atoms with Gasteiger partial charge in [-0.25, -0.2) is 0 Å². The molecule has 5 atom stereocenters. The third-order valence-electron chi connectivity index (χ3n) is 9.65. The average molecular weight is 411 g/mol. The van der Waals surface area contributed by atoms with Gasteiger partial charge in [0.15, 0.2) is 0 Å². The maximum Gasteiger partial charge on any atom is 0.226 e. The van der Waals surface area contributed by atoms with Crippen LogP contribution in [0.3, 0.4) is 0 Å². The molecule has 162 valence electrons. The summed E-state index contributed by atoms with van der Waals surface area (Å²) in [5.41, 5.74) is 0.665. The van der Waals surface area contributed by atoms with Gasteiger partial charge in [-0.3, -0.25) is 9.18 Å². The lowest BCUT2D eigenvalue weighted by atomic mass is 9.38. The number of piperidine rings is 3. The first kappa shape index (κ1) is 19.3. The van der Waals surface area contributed by atoms with Gasteiger partial charge in [-0.05, 0) is 93.2 Å². The maximum atomic E-state index is 14.5. The van der Waals surface area contributed by atoms with Gasteiger partial charge in [-0.2, -0.15) is 0 Å². The first-order valence-corrected chi connectivity index (χ1v) is 12.2. The molecule has 7 aliphatic rings. The summed E-state index contributed by atoms with van der Waals surface area (Å²) >= 11 is 0. The van der Waals surface area contributed by atoms with E-state index in [9.17, 15) is 9.18 Å². The average Bonchev–Trinajstić information content (AvgIpc) is 2.78. The molecule has 4 aliphatic carbocycles.